The van der Waals surface area contributed by atoms with Gasteiger partial charge in [0.15, 0.2) is 6.61 Å². The number of halogens is 4. The summed E-state index contributed by atoms with van der Waals surface area (Å²) >= 11 is 10.3. The molecule has 0 aliphatic rings. The summed E-state index contributed by atoms with van der Waals surface area (Å²) in [6, 6.07) is 4.12. The first-order valence-electron chi connectivity index (χ1n) is 4.08. The largest absolute Gasteiger partial charge is 0.483 e. The third kappa shape index (κ3) is 3.86. The van der Waals surface area contributed by atoms with E-state index in [0.717, 1.165) is 0 Å². The molecule has 0 amide bonds. The summed E-state index contributed by atoms with van der Waals surface area (Å²) in [4.78, 5) is -0.0474. The summed E-state index contributed by atoms with van der Waals surface area (Å²) in [5, 5.41) is 0.247. The molecule has 0 spiro atoms. The van der Waals surface area contributed by atoms with Crippen LogP contribution in [0.2, 0.25) is 5.02 Å². The maximum atomic E-state index is 12.0. The van der Waals surface area contributed by atoms with E-state index >= 15 is 0 Å². The number of alkyl halides is 3. The first-order valence-corrected chi connectivity index (χ1v) is 4.87. The Balaban J connectivity index is 2.93. The van der Waals surface area contributed by atoms with Crippen molar-refractivity contribution in [3.8, 4) is 5.75 Å². The lowest BCUT2D eigenvalue weighted by Crippen LogP contribution is -2.21. The highest BCUT2D eigenvalue weighted by atomic mass is 35.5. The van der Waals surface area contributed by atoms with Gasteiger partial charge in [0.2, 0.25) is 0 Å². The highest BCUT2D eigenvalue weighted by Gasteiger charge is 2.29. The van der Waals surface area contributed by atoms with Crippen molar-refractivity contribution >= 4 is 28.8 Å². The van der Waals surface area contributed by atoms with Crippen LogP contribution >= 0.6 is 23.8 Å². The highest BCUT2D eigenvalue weighted by Crippen LogP contribution is 2.25. The Morgan fingerprint density at radius 2 is 2.06 bits per heavy atom. The van der Waals surface area contributed by atoms with E-state index in [9.17, 15) is 13.2 Å². The van der Waals surface area contributed by atoms with Crippen LogP contribution in [0.25, 0.3) is 0 Å². The van der Waals surface area contributed by atoms with Crippen LogP contribution in [0.5, 0.6) is 5.75 Å². The Morgan fingerprint density at radius 3 is 2.56 bits per heavy atom. The van der Waals surface area contributed by atoms with Gasteiger partial charge in [-0.2, -0.15) is 13.2 Å². The lowest BCUT2D eigenvalue weighted by atomic mass is 10.2. The van der Waals surface area contributed by atoms with Crippen molar-refractivity contribution in [2.24, 2.45) is 5.73 Å². The average molecular weight is 270 g/mol. The fourth-order valence-corrected chi connectivity index (χ4v) is 1.31. The Bertz CT molecular complexity index is 408. The molecular weight excluding hydrogens is 263 g/mol. The normalized spacial score (nSPS) is 11.2. The van der Waals surface area contributed by atoms with E-state index in [2.05, 4.69) is 17.0 Å². The monoisotopic (exact) mass is 269 g/mol. The Kier molecular flexibility index (Phi) is 3.98. The predicted octanol–water partition coefficient (Wildman–Crippen LogP) is 2.92. The highest BCUT2D eigenvalue weighted by molar-refractivity contribution is 7.80. The van der Waals surface area contributed by atoms with E-state index in [4.69, 9.17) is 17.3 Å². The molecule has 0 aromatic heterocycles. The van der Waals surface area contributed by atoms with E-state index < -0.39 is 12.8 Å². The van der Waals surface area contributed by atoms with Crippen molar-refractivity contribution in [3.05, 3.63) is 28.8 Å². The molecule has 0 radical (unpaired) electrons. The first-order chi connectivity index (χ1) is 7.29. The molecule has 88 valence electrons. The molecule has 0 saturated carbocycles. The summed E-state index contributed by atoms with van der Waals surface area (Å²) in [6.07, 6.45) is -4.42. The van der Waals surface area contributed by atoms with Gasteiger partial charge >= 0.3 is 6.18 Å². The van der Waals surface area contributed by atoms with Crippen molar-refractivity contribution in [2.75, 3.05) is 6.61 Å². The predicted molar refractivity (Wildman–Crippen MR) is 58.9 cm³/mol. The second-order valence-electron chi connectivity index (χ2n) is 2.91. The third-order valence-electron chi connectivity index (χ3n) is 1.60. The SMILES string of the molecule is NC(=S)c1ccc(Cl)cc1OCC(F)(F)F. The molecule has 0 atom stereocenters. The molecule has 0 saturated heterocycles. The molecule has 1 aromatic rings. The van der Waals surface area contributed by atoms with Crippen LogP contribution in [0.3, 0.4) is 0 Å². The average Bonchev–Trinajstić information content (AvgIpc) is 2.13. The number of hydrogen-bond donors (Lipinski definition) is 1. The van der Waals surface area contributed by atoms with Crippen LogP contribution in [0.1, 0.15) is 5.56 Å². The zero-order valence-corrected chi connectivity index (χ0v) is 9.42. The summed E-state index contributed by atoms with van der Waals surface area (Å²) < 4.78 is 40.4. The van der Waals surface area contributed by atoms with Gasteiger partial charge in [-0.1, -0.05) is 23.8 Å². The number of rotatable bonds is 3. The van der Waals surface area contributed by atoms with E-state index in [1.165, 1.54) is 18.2 Å². The number of benzene rings is 1. The molecule has 0 fully saturated rings. The van der Waals surface area contributed by atoms with Crippen LogP contribution in [-0.2, 0) is 0 Å². The van der Waals surface area contributed by atoms with Gasteiger partial charge in [0.1, 0.15) is 10.7 Å². The van der Waals surface area contributed by atoms with Gasteiger partial charge in [-0.05, 0) is 18.2 Å². The van der Waals surface area contributed by atoms with Gasteiger partial charge in [0, 0.05) is 5.02 Å². The number of hydrogen-bond acceptors (Lipinski definition) is 2. The Labute approximate surface area is 100 Å². The zero-order valence-electron chi connectivity index (χ0n) is 7.84. The number of ether oxygens (including phenoxy) is 1. The van der Waals surface area contributed by atoms with Crippen LogP contribution in [0, 0.1) is 0 Å². The van der Waals surface area contributed by atoms with Gasteiger partial charge in [-0.15, -0.1) is 0 Å². The number of nitrogens with two attached hydrogens (primary N) is 1. The fourth-order valence-electron chi connectivity index (χ4n) is 0.979. The molecule has 2 nitrogen and oxygen atoms in total. The molecule has 0 heterocycles. The standard InChI is InChI=1S/C9H7ClF3NOS/c10-5-1-2-6(8(14)16)7(3-5)15-4-9(11,12)13/h1-3H,4H2,(H2,14,16). The van der Waals surface area contributed by atoms with Gasteiger partial charge < -0.3 is 10.5 Å². The quantitative estimate of drug-likeness (QED) is 0.857. The maximum Gasteiger partial charge on any atom is 0.422 e. The summed E-state index contributed by atoms with van der Waals surface area (Å²) in [6.45, 7) is -1.41. The van der Waals surface area contributed by atoms with E-state index in [-0.39, 0.29) is 21.3 Å². The lowest BCUT2D eigenvalue weighted by molar-refractivity contribution is -0.153. The lowest BCUT2D eigenvalue weighted by Gasteiger charge is -2.12. The first kappa shape index (κ1) is 13.1. The summed E-state index contributed by atoms with van der Waals surface area (Å²) in [7, 11) is 0. The molecule has 7 heteroatoms. The van der Waals surface area contributed by atoms with Crippen molar-refractivity contribution in [1.82, 2.24) is 0 Å². The molecule has 1 aromatic carbocycles. The Morgan fingerprint density at radius 1 is 1.44 bits per heavy atom. The molecule has 0 bridgehead atoms. The van der Waals surface area contributed by atoms with Crippen LogP contribution < -0.4 is 10.5 Å². The Hall–Kier alpha value is -1.01. The molecule has 0 unspecified atom stereocenters. The van der Waals surface area contributed by atoms with Crippen molar-refractivity contribution in [2.45, 2.75) is 6.18 Å². The number of thiocarbonyl (C=S) groups is 1. The minimum atomic E-state index is -4.42. The topological polar surface area (TPSA) is 35.2 Å². The minimum absolute atomic E-state index is 0.0474. The van der Waals surface area contributed by atoms with Crippen LogP contribution in [-0.4, -0.2) is 17.8 Å². The molecule has 1 rings (SSSR count). The maximum absolute atomic E-state index is 12.0. The van der Waals surface area contributed by atoms with E-state index in [1.807, 2.05) is 0 Å². The molecule has 2 N–H and O–H groups in total. The van der Waals surface area contributed by atoms with Gasteiger partial charge in [-0.3, -0.25) is 0 Å². The smallest absolute Gasteiger partial charge is 0.422 e. The summed E-state index contributed by atoms with van der Waals surface area (Å²) in [5.41, 5.74) is 5.56. The van der Waals surface area contributed by atoms with Crippen molar-refractivity contribution in [1.29, 1.82) is 0 Å². The van der Waals surface area contributed by atoms with Gasteiger partial charge in [-0.25, -0.2) is 0 Å². The second kappa shape index (κ2) is 4.88. The van der Waals surface area contributed by atoms with Crippen LogP contribution in [0.4, 0.5) is 13.2 Å². The van der Waals surface area contributed by atoms with E-state index in [0.29, 0.717) is 0 Å². The third-order valence-corrected chi connectivity index (χ3v) is 2.06. The summed E-state index contributed by atoms with van der Waals surface area (Å²) in [5.74, 6) is -0.0719. The van der Waals surface area contributed by atoms with Gasteiger partial charge in [0.05, 0.1) is 5.56 Å². The molecular formula is C9H7ClF3NOS. The van der Waals surface area contributed by atoms with Crippen molar-refractivity contribution in [3.63, 3.8) is 0 Å². The fraction of sp³-hybridized carbons (Fsp3) is 0.222. The molecule has 16 heavy (non-hydrogen) atoms. The molecule has 0 aliphatic heterocycles. The molecule has 0 aliphatic carbocycles. The van der Waals surface area contributed by atoms with Crippen molar-refractivity contribution < 1.29 is 17.9 Å². The van der Waals surface area contributed by atoms with E-state index in [1.54, 1.807) is 0 Å². The second-order valence-corrected chi connectivity index (χ2v) is 3.78. The van der Waals surface area contributed by atoms with Crippen LogP contribution in [0.15, 0.2) is 18.2 Å². The van der Waals surface area contributed by atoms with Gasteiger partial charge in [0.25, 0.3) is 0 Å². The minimum Gasteiger partial charge on any atom is -0.483 e. The zero-order chi connectivity index (χ0) is 12.3.